The third kappa shape index (κ3) is 4.67. The summed E-state index contributed by atoms with van der Waals surface area (Å²) in [5.74, 6) is -2.78. The van der Waals surface area contributed by atoms with E-state index in [-0.39, 0.29) is 29.8 Å². The maximum absolute atomic E-state index is 12.5. The largest absolute Gasteiger partial charge is 0.490 e. The molecule has 5 N–H and O–H groups in total. The van der Waals surface area contributed by atoms with Gasteiger partial charge >= 0.3 is 12.1 Å². The molecule has 142 valence electrons. The van der Waals surface area contributed by atoms with Gasteiger partial charge in [-0.2, -0.15) is 13.2 Å². The number of ketones is 1. The number of Topliss-reactive ketones (excluding diaryl/α,β-unsaturated/α-hetero) is 1. The third-order valence-electron chi connectivity index (χ3n) is 4.62. The van der Waals surface area contributed by atoms with E-state index in [9.17, 15) is 23.2 Å². The molecule has 0 aromatic rings. The second-order valence-electron chi connectivity index (χ2n) is 6.21. The van der Waals surface area contributed by atoms with Gasteiger partial charge in [0.05, 0.1) is 12.1 Å². The van der Waals surface area contributed by atoms with Gasteiger partial charge in [-0.1, -0.05) is 5.16 Å². The standard InChI is InChI=1S/C12H20N4O2.C2HF3O2/c17-11-8-2-1-4-14-12(8)15-9-6-13-5-3-7(9)10(11)16-18;3-2(4,5)1(6)7/h7-9,12-15,18H,1-6H2;(H,6,7)/b16-10-;. The highest BCUT2D eigenvalue weighted by molar-refractivity contribution is 6.41. The monoisotopic (exact) mass is 366 g/mol. The lowest BCUT2D eigenvalue weighted by Gasteiger charge is -2.34. The first-order valence-corrected chi connectivity index (χ1v) is 8.02. The van der Waals surface area contributed by atoms with Crippen molar-refractivity contribution >= 4 is 17.5 Å². The maximum Gasteiger partial charge on any atom is 0.490 e. The van der Waals surface area contributed by atoms with E-state index in [4.69, 9.17) is 9.90 Å². The zero-order valence-corrected chi connectivity index (χ0v) is 13.3. The molecule has 0 aromatic carbocycles. The fourth-order valence-corrected chi connectivity index (χ4v) is 3.43. The van der Waals surface area contributed by atoms with Crippen molar-refractivity contribution < 1.29 is 33.1 Å². The molecule has 0 bridgehead atoms. The number of aliphatic carboxylic acids is 1. The molecular formula is C14H21F3N4O4. The van der Waals surface area contributed by atoms with E-state index in [0.29, 0.717) is 5.71 Å². The average Bonchev–Trinajstić information content (AvgIpc) is 2.68. The third-order valence-corrected chi connectivity index (χ3v) is 4.62. The Bertz CT molecular complexity index is 541. The Hall–Kier alpha value is -1.72. The number of carbonyl (C=O) groups excluding carboxylic acids is 1. The molecule has 0 amide bonds. The van der Waals surface area contributed by atoms with Crippen molar-refractivity contribution in [3.63, 3.8) is 0 Å². The zero-order valence-electron chi connectivity index (χ0n) is 13.3. The van der Waals surface area contributed by atoms with Crippen LogP contribution in [-0.2, 0) is 9.59 Å². The lowest BCUT2D eigenvalue weighted by Crippen LogP contribution is -2.58. The second kappa shape index (κ2) is 8.11. The molecule has 0 aromatic heterocycles. The predicted molar refractivity (Wildman–Crippen MR) is 80.3 cm³/mol. The summed E-state index contributed by atoms with van der Waals surface area (Å²) in [6.07, 6.45) is -2.34. The van der Waals surface area contributed by atoms with Gasteiger partial charge in [-0.05, 0) is 32.4 Å². The molecule has 4 atom stereocenters. The van der Waals surface area contributed by atoms with Crippen LogP contribution >= 0.6 is 0 Å². The SMILES string of the molecule is O=C(O)C(F)(F)F.O=C1/C(=N\O)C2CCNCC2NC2NCCCC12. The molecule has 25 heavy (non-hydrogen) atoms. The van der Waals surface area contributed by atoms with E-state index in [1.807, 2.05) is 0 Å². The molecule has 0 radical (unpaired) electrons. The summed E-state index contributed by atoms with van der Waals surface area (Å²) < 4.78 is 31.7. The van der Waals surface area contributed by atoms with Gasteiger partial charge in [0.25, 0.3) is 0 Å². The molecule has 3 saturated heterocycles. The van der Waals surface area contributed by atoms with Crippen LogP contribution in [0, 0.1) is 11.8 Å². The summed E-state index contributed by atoms with van der Waals surface area (Å²) in [5, 5.41) is 29.9. The molecule has 0 spiro atoms. The predicted octanol–water partition coefficient (Wildman–Crippen LogP) is -0.0740. The van der Waals surface area contributed by atoms with Crippen LogP contribution in [0.15, 0.2) is 5.16 Å². The Balaban J connectivity index is 0.000000277. The number of hydrogen-bond acceptors (Lipinski definition) is 7. The van der Waals surface area contributed by atoms with E-state index in [1.54, 1.807) is 0 Å². The number of carboxylic acids is 1. The summed E-state index contributed by atoms with van der Waals surface area (Å²) in [7, 11) is 0. The van der Waals surface area contributed by atoms with Gasteiger partial charge < -0.3 is 20.9 Å². The van der Waals surface area contributed by atoms with Crippen molar-refractivity contribution in [2.45, 2.75) is 37.6 Å². The van der Waals surface area contributed by atoms with Crippen molar-refractivity contribution in [3.8, 4) is 0 Å². The van der Waals surface area contributed by atoms with Crippen molar-refractivity contribution in [1.29, 1.82) is 0 Å². The summed E-state index contributed by atoms with van der Waals surface area (Å²) in [4.78, 5) is 21.4. The van der Waals surface area contributed by atoms with Gasteiger partial charge in [-0.3, -0.25) is 10.1 Å². The number of halogens is 3. The molecule has 3 aliphatic heterocycles. The van der Waals surface area contributed by atoms with Gasteiger partial charge in [0.15, 0.2) is 5.78 Å². The van der Waals surface area contributed by atoms with E-state index in [2.05, 4.69) is 21.1 Å². The van der Waals surface area contributed by atoms with Gasteiger partial charge in [0, 0.05) is 18.5 Å². The first kappa shape index (κ1) is 19.6. The molecule has 4 unspecified atom stereocenters. The fraction of sp³-hybridized carbons (Fsp3) is 0.786. The van der Waals surface area contributed by atoms with Crippen molar-refractivity contribution in [2.75, 3.05) is 19.6 Å². The zero-order chi connectivity index (χ0) is 18.6. The molecule has 3 aliphatic rings. The smallest absolute Gasteiger partial charge is 0.475 e. The molecular weight excluding hydrogens is 345 g/mol. The fourth-order valence-electron chi connectivity index (χ4n) is 3.43. The number of alkyl halides is 3. The quantitative estimate of drug-likeness (QED) is 0.300. The molecule has 3 fully saturated rings. The Morgan fingerprint density at radius 1 is 1.20 bits per heavy atom. The summed E-state index contributed by atoms with van der Waals surface area (Å²) >= 11 is 0. The van der Waals surface area contributed by atoms with Crippen molar-refractivity contribution in [1.82, 2.24) is 16.0 Å². The van der Waals surface area contributed by atoms with E-state index in [0.717, 1.165) is 38.9 Å². The summed E-state index contributed by atoms with van der Waals surface area (Å²) in [5.41, 5.74) is 0.380. The lowest BCUT2D eigenvalue weighted by atomic mass is 9.84. The number of hydrogen-bond donors (Lipinski definition) is 5. The first-order chi connectivity index (χ1) is 11.8. The minimum absolute atomic E-state index is 0.0246. The van der Waals surface area contributed by atoms with Crippen LogP contribution < -0.4 is 16.0 Å². The molecule has 0 aliphatic carbocycles. The van der Waals surface area contributed by atoms with Crippen LogP contribution in [0.3, 0.4) is 0 Å². The Morgan fingerprint density at radius 2 is 1.88 bits per heavy atom. The number of carbonyl (C=O) groups is 2. The van der Waals surface area contributed by atoms with Crippen LogP contribution in [0.1, 0.15) is 19.3 Å². The number of oxime groups is 1. The van der Waals surface area contributed by atoms with Crippen LogP contribution in [0.2, 0.25) is 0 Å². The Labute approximate surface area is 141 Å². The average molecular weight is 366 g/mol. The van der Waals surface area contributed by atoms with Crippen LogP contribution in [0.4, 0.5) is 13.2 Å². The van der Waals surface area contributed by atoms with E-state index in [1.165, 1.54) is 0 Å². The number of fused-ring (bicyclic) bond motifs is 2. The van der Waals surface area contributed by atoms with E-state index >= 15 is 0 Å². The molecule has 3 heterocycles. The van der Waals surface area contributed by atoms with Gasteiger partial charge in [-0.15, -0.1) is 0 Å². The van der Waals surface area contributed by atoms with Gasteiger partial charge in [-0.25, -0.2) is 4.79 Å². The molecule has 8 nitrogen and oxygen atoms in total. The lowest BCUT2D eigenvalue weighted by molar-refractivity contribution is -0.192. The number of carboxylic acid groups (broad SMARTS) is 1. The van der Waals surface area contributed by atoms with Crippen LogP contribution in [0.5, 0.6) is 0 Å². The molecule has 3 rings (SSSR count). The molecule has 0 saturated carbocycles. The van der Waals surface area contributed by atoms with Crippen molar-refractivity contribution in [3.05, 3.63) is 0 Å². The number of piperidine rings is 2. The molecule has 11 heteroatoms. The topological polar surface area (TPSA) is 123 Å². The first-order valence-electron chi connectivity index (χ1n) is 8.02. The normalized spacial score (nSPS) is 34.2. The highest BCUT2D eigenvalue weighted by Crippen LogP contribution is 2.27. The summed E-state index contributed by atoms with van der Waals surface area (Å²) in [6, 6.07) is 0.175. The van der Waals surface area contributed by atoms with Crippen molar-refractivity contribution in [2.24, 2.45) is 17.0 Å². The Morgan fingerprint density at radius 3 is 2.48 bits per heavy atom. The van der Waals surface area contributed by atoms with Gasteiger partial charge in [0.2, 0.25) is 0 Å². The number of nitrogens with one attached hydrogen (secondary N) is 3. The number of rotatable bonds is 0. The van der Waals surface area contributed by atoms with E-state index < -0.39 is 12.1 Å². The number of nitrogens with zero attached hydrogens (tertiary/aromatic N) is 1. The maximum atomic E-state index is 12.5. The van der Waals surface area contributed by atoms with Crippen LogP contribution in [0.25, 0.3) is 0 Å². The van der Waals surface area contributed by atoms with Crippen LogP contribution in [-0.4, -0.2) is 65.8 Å². The minimum atomic E-state index is -5.08. The minimum Gasteiger partial charge on any atom is -0.475 e. The highest BCUT2D eigenvalue weighted by atomic mass is 19.4. The Kier molecular flexibility index (Phi) is 6.36. The highest BCUT2D eigenvalue weighted by Gasteiger charge is 2.44. The second-order valence-corrected chi connectivity index (χ2v) is 6.21. The van der Waals surface area contributed by atoms with Gasteiger partial charge in [0.1, 0.15) is 5.71 Å². The summed E-state index contributed by atoms with van der Waals surface area (Å²) in [6.45, 7) is 2.64.